The minimum atomic E-state index is -1.94. The molecule has 31 heavy (non-hydrogen) atoms. The molecule has 172 valence electrons. The lowest BCUT2D eigenvalue weighted by atomic mass is 9.44. The van der Waals surface area contributed by atoms with Crippen molar-refractivity contribution in [2.45, 2.75) is 70.2 Å². The van der Waals surface area contributed by atoms with Crippen LogP contribution in [0.4, 0.5) is 4.39 Å². The first-order valence-corrected chi connectivity index (χ1v) is 12.9. The second kappa shape index (κ2) is 7.62. The van der Waals surface area contributed by atoms with Gasteiger partial charge < -0.3 is 15.5 Å². The Morgan fingerprint density at radius 2 is 2.06 bits per heavy atom. The fraction of sp³-hybridized carbons (Fsp3) is 0.750. The van der Waals surface area contributed by atoms with Gasteiger partial charge in [-0.15, -0.1) is 0 Å². The number of allylic oxidation sites excluding steroid dienone is 4. The van der Waals surface area contributed by atoms with Gasteiger partial charge in [-0.05, 0) is 63.0 Å². The Bertz CT molecular complexity index is 861. The molecule has 8 atom stereocenters. The number of aliphatic hydroxyl groups excluding tert-OH is 1. The predicted molar refractivity (Wildman–Crippen MR) is 124 cm³/mol. The molecule has 4 aliphatic rings. The van der Waals surface area contributed by atoms with Gasteiger partial charge in [0.1, 0.15) is 0 Å². The number of amides is 1. The van der Waals surface area contributed by atoms with Gasteiger partial charge in [0.15, 0.2) is 17.1 Å². The molecule has 5 nitrogen and oxygen atoms in total. The topological polar surface area (TPSA) is 86.6 Å². The summed E-state index contributed by atoms with van der Waals surface area (Å²) in [6, 6.07) is 0. The quantitative estimate of drug-likeness (QED) is 0.288. The van der Waals surface area contributed by atoms with Gasteiger partial charge in [-0.25, -0.2) is 4.39 Å². The molecule has 3 fully saturated rings. The lowest BCUT2D eigenvalue weighted by Crippen LogP contribution is -2.70. The van der Waals surface area contributed by atoms with Crippen molar-refractivity contribution < 1.29 is 24.2 Å². The second-order valence-corrected chi connectivity index (χ2v) is 11.5. The van der Waals surface area contributed by atoms with E-state index in [1.807, 2.05) is 13.8 Å². The molecule has 1 amide bonds. The van der Waals surface area contributed by atoms with Crippen LogP contribution >= 0.6 is 22.6 Å². The standard InChI is InChI=1S/C24H33FINO4/c1-14-11-18-17-6-5-15-12-16(28)7-8-21(15,2)23(17,25)19(29)13-22(18,3)24(14,31)20(30)27-10-4-9-26/h7-8,12,14,17-19,29,31H,4-6,9-11,13H2,1-3H3,(H,27,30)/t14-,17+,18+,19+,21+,22+,23+,24+/m1/s1. The lowest BCUT2D eigenvalue weighted by Gasteiger charge is -2.62. The van der Waals surface area contributed by atoms with Crippen LogP contribution < -0.4 is 5.32 Å². The zero-order chi connectivity index (χ0) is 22.8. The number of halogens is 2. The van der Waals surface area contributed by atoms with Crippen LogP contribution in [0.2, 0.25) is 0 Å². The first-order chi connectivity index (χ1) is 14.5. The van der Waals surface area contributed by atoms with E-state index >= 15 is 4.39 Å². The number of rotatable bonds is 4. The van der Waals surface area contributed by atoms with Crippen molar-refractivity contribution >= 4 is 34.3 Å². The summed E-state index contributed by atoms with van der Waals surface area (Å²) in [7, 11) is 0. The highest BCUT2D eigenvalue weighted by Gasteiger charge is 2.75. The molecule has 4 aliphatic carbocycles. The summed E-state index contributed by atoms with van der Waals surface area (Å²) in [6.07, 6.45) is 5.65. The largest absolute Gasteiger partial charge is 0.390 e. The van der Waals surface area contributed by atoms with Crippen LogP contribution in [0.3, 0.4) is 0 Å². The number of ketones is 1. The Hall–Kier alpha value is -0.800. The van der Waals surface area contributed by atoms with E-state index in [1.165, 1.54) is 12.2 Å². The van der Waals surface area contributed by atoms with Crippen LogP contribution in [0.1, 0.15) is 52.9 Å². The summed E-state index contributed by atoms with van der Waals surface area (Å²) < 4.78 is 18.0. The van der Waals surface area contributed by atoms with E-state index in [0.717, 1.165) is 16.4 Å². The highest BCUT2D eigenvalue weighted by molar-refractivity contribution is 14.1. The third kappa shape index (κ3) is 2.91. The van der Waals surface area contributed by atoms with Crippen molar-refractivity contribution in [3.05, 3.63) is 23.8 Å². The Kier molecular flexibility index (Phi) is 5.74. The second-order valence-electron chi connectivity index (χ2n) is 10.5. The summed E-state index contributed by atoms with van der Waals surface area (Å²) in [5, 5.41) is 26.0. The maximum absolute atomic E-state index is 17.1. The molecule has 0 aliphatic heterocycles. The monoisotopic (exact) mass is 545 g/mol. The van der Waals surface area contributed by atoms with E-state index in [9.17, 15) is 19.8 Å². The van der Waals surface area contributed by atoms with Gasteiger partial charge in [0, 0.05) is 27.7 Å². The van der Waals surface area contributed by atoms with Gasteiger partial charge >= 0.3 is 0 Å². The summed E-state index contributed by atoms with van der Waals surface area (Å²) in [4.78, 5) is 25.1. The molecule has 7 heteroatoms. The Morgan fingerprint density at radius 1 is 1.35 bits per heavy atom. The van der Waals surface area contributed by atoms with E-state index in [4.69, 9.17) is 0 Å². The number of carbonyl (C=O) groups excluding carboxylic acids is 2. The normalized spacial score (nSPS) is 48.5. The SMILES string of the molecule is C[C@@H]1C[C@H]2[C@@H]3CCC4=CC(=O)C=C[C@]4(C)[C@@]3(F)[C@@H](O)C[C@]2(C)[C@@]1(O)C(=O)NCCCI. The van der Waals surface area contributed by atoms with E-state index in [1.54, 1.807) is 13.0 Å². The van der Waals surface area contributed by atoms with Gasteiger partial charge in [-0.2, -0.15) is 0 Å². The fourth-order valence-electron chi connectivity index (χ4n) is 7.43. The molecule has 0 radical (unpaired) electrons. The Labute approximate surface area is 197 Å². The molecule has 0 unspecified atom stereocenters. The number of carbonyl (C=O) groups is 2. The molecule has 0 bridgehead atoms. The summed E-state index contributed by atoms with van der Waals surface area (Å²) in [5.74, 6) is -1.62. The van der Waals surface area contributed by atoms with Gasteiger partial charge in [0.25, 0.3) is 5.91 Å². The van der Waals surface area contributed by atoms with Crippen molar-refractivity contribution in [1.82, 2.24) is 5.32 Å². The van der Waals surface area contributed by atoms with Gasteiger partial charge in [0.2, 0.25) is 0 Å². The first-order valence-electron chi connectivity index (χ1n) is 11.3. The van der Waals surface area contributed by atoms with Gasteiger partial charge in [0.05, 0.1) is 6.10 Å². The summed E-state index contributed by atoms with van der Waals surface area (Å²) in [5.41, 5.74) is -4.84. The molecular formula is C24H33FINO4. The van der Waals surface area contributed by atoms with Crippen LogP contribution in [0.5, 0.6) is 0 Å². The lowest BCUT2D eigenvalue weighted by molar-refractivity contribution is -0.219. The molecule has 0 aromatic heterocycles. The Morgan fingerprint density at radius 3 is 2.74 bits per heavy atom. The van der Waals surface area contributed by atoms with Crippen molar-refractivity contribution in [3.63, 3.8) is 0 Å². The summed E-state index contributed by atoms with van der Waals surface area (Å²) >= 11 is 2.25. The molecular weight excluding hydrogens is 512 g/mol. The van der Waals surface area contributed by atoms with Crippen LogP contribution in [0.15, 0.2) is 23.8 Å². The molecule has 0 heterocycles. The van der Waals surface area contributed by atoms with Crippen LogP contribution in [0.25, 0.3) is 0 Å². The maximum Gasteiger partial charge on any atom is 0.252 e. The van der Waals surface area contributed by atoms with Crippen molar-refractivity contribution in [2.24, 2.45) is 28.6 Å². The Balaban J connectivity index is 1.73. The molecule has 4 rings (SSSR count). The maximum atomic E-state index is 17.1. The zero-order valence-electron chi connectivity index (χ0n) is 18.5. The third-order valence-electron chi connectivity index (χ3n) is 9.16. The number of hydrogen-bond acceptors (Lipinski definition) is 4. The van der Waals surface area contributed by atoms with Crippen LogP contribution in [-0.4, -0.2) is 50.2 Å². The predicted octanol–water partition coefficient (Wildman–Crippen LogP) is 3.28. The molecule has 3 saturated carbocycles. The highest BCUT2D eigenvalue weighted by atomic mass is 127. The summed E-state index contributed by atoms with van der Waals surface area (Å²) in [6.45, 7) is 5.99. The fourth-order valence-corrected chi connectivity index (χ4v) is 7.82. The van der Waals surface area contributed by atoms with Gasteiger partial charge in [-0.3, -0.25) is 9.59 Å². The van der Waals surface area contributed by atoms with E-state index in [0.29, 0.717) is 25.8 Å². The van der Waals surface area contributed by atoms with Crippen LogP contribution in [0, 0.1) is 28.6 Å². The van der Waals surface area contributed by atoms with E-state index < -0.39 is 40.0 Å². The number of nitrogens with one attached hydrogen (secondary N) is 1. The molecule has 0 aromatic carbocycles. The number of fused-ring (bicyclic) bond motifs is 5. The number of hydrogen-bond donors (Lipinski definition) is 3. The number of aliphatic hydroxyl groups is 2. The average Bonchev–Trinajstić information content (AvgIpc) is 2.91. The molecule has 0 spiro atoms. The van der Waals surface area contributed by atoms with E-state index in [2.05, 4.69) is 27.9 Å². The number of alkyl halides is 2. The van der Waals surface area contributed by atoms with Crippen molar-refractivity contribution in [1.29, 1.82) is 0 Å². The van der Waals surface area contributed by atoms with Gasteiger partial charge in [-0.1, -0.05) is 48.1 Å². The minimum absolute atomic E-state index is 0.00979. The molecule has 3 N–H and O–H groups in total. The van der Waals surface area contributed by atoms with E-state index in [-0.39, 0.29) is 24.0 Å². The third-order valence-corrected chi connectivity index (χ3v) is 9.93. The van der Waals surface area contributed by atoms with Crippen LogP contribution in [-0.2, 0) is 9.59 Å². The molecule has 0 aromatic rings. The smallest absolute Gasteiger partial charge is 0.252 e. The van der Waals surface area contributed by atoms with Crippen molar-refractivity contribution in [3.8, 4) is 0 Å². The molecule has 0 saturated heterocycles. The average molecular weight is 545 g/mol. The first kappa shape index (κ1) is 23.4. The van der Waals surface area contributed by atoms with Crippen molar-refractivity contribution in [2.75, 3.05) is 11.0 Å². The minimum Gasteiger partial charge on any atom is -0.390 e. The zero-order valence-corrected chi connectivity index (χ0v) is 20.6. The highest BCUT2D eigenvalue weighted by Crippen LogP contribution is 2.70.